The van der Waals surface area contributed by atoms with Crippen LogP contribution in [0.25, 0.3) is 11.3 Å². The van der Waals surface area contributed by atoms with Crippen LogP contribution in [0.3, 0.4) is 0 Å². The predicted molar refractivity (Wildman–Crippen MR) is 92.6 cm³/mol. The zero-order chi connectivity index (χ0) is 17.8. The third-order valence-electron chi connectivity index (χ3n) is 3.68. The molecule has 2 aromatic heterocycles. The molecular weight excluding hydrogens is 342 g/mol. The third-order valence-corrected chi connectivity index (χ3v) is 3.92. The lowest BCUT2D eigenvalue weighted by Crippen LogP contribution is -2.31. The number of benzene rings is 1. The van der Waals surface area contributed by atoms with Crippen LogP contribution in [0, 0.1) is 0 Å². The number of rotatable bonds is 5. The van der Waals surface area contributed by atoms with Crippen LogP contribution in [0.4, 0.5) is 0 Å². The van der Waals surface area contributed by atoms with Crippen molar-refractivity contribution in [1.82, 2.24) is 15.0 Å². The van der Waals surface area contributed by atoms with E-state index in [1.165, 1.54) is 4.90 Å². The van der Waals surface area contributed by atoms with Gasteiger partial charge in [-0.2, -0.15) is 0 Å². The summed E-state index contributed by atoms with van der Waals surface area (Å²) in [5.74, 6) is 0.0505. The van der Waals surface area contributed by atoms with E-state index in [0.717, 1.165) is 5.56 Å². The minimum absolute atomic E-state index is 0.184. The van der Waals surface area contributed by atoms with Gasteiger partial charge in [-0.05, 0) is 29.8 Å². The van der Waals surface area contributed by atoms with E-state index in [9.17, 15) is 9.90 Å². The van der Waals surface area contributed by atoms with Crippen LogP contribution in [0.2, 0.25) is 5.02 Å². The Bertz CT molecular complexity index is 867. The number of nitrogens with zero attached hydrogens (tertiary/aromatic N) is 3. The maximum Gasteiger partial charge on any atom is 0.256 e. The number of carbonyl (C=O) groups excluding carboxylic acids is 1. The van der Waals surface area contributed by atoms with Gasteiger partial charge >= 0.3 is 0 Å². The number of aliphatic hydroxyl groups is 1. The molecule has 0 saturated heterocycles. The summed E-state index contributed by atoms with van der Waals surface area (Å²) in [6.45, 7) is 0.184. The summed E-state index contributed by atoms with van der Waals surface area (Å²) < 4.78 is 5.27. The van der Waals surface area contributed by atoms with Crippen molar-refractivity contribution >= 4 is 17.5 Å². The maximum atomic E-state index is 12.4. The van der Waals surface area contributed by atoms with Crippen LogP contribution in [0.15, 0.2) is 59.4 Å². The van der Waals surface area contributed by atoms with Gasteiger partial charge in [0.15, 0.2) is 11.9 Å². The molecule has 0 aliphatic rings. The van der Waals surface area contributed by atoms with E-state index in [1.807, 2.05) is 6.07 Å². The monoisotopic (exact) mass is 357 g/mol. The number of aliphatic hydroxyl groups excluding tert-OH is 1. The van der Waals surface area contributed by atoms with Crippen molar-refractivity contribution in [2.45, 2.75) is 12.6 Å². The van der Waals surface area contributed by atoms with Crippen LogP contribution in [0.5, 0.6) is 0 Å². The molecule has 1 atom stereocenters. The Kier molecular flexibility index (Phi) is 5.11. The number of likely N-dealkylation sites (N-methyl/N-ethyl adjacent to an activating group) is 1. The largest absolute Gasteiger partial charge is 0.378 e. The average Bonchev–Trinajstić information content (AvgIpc) is 3.09. The quantitative estimate of drug-likeness (QED) is 0.759. The van der Waals surface area contributed by atoms with Gasteiger partial charge in [0.25, 0.3) is 5.91 Å². The van der Waals surface area contributed by atoms with Crippen molar-refractivity contribution in [3.05, 3.63) is 71.2 Å². The van der Waals surface area contributed by atoms with Crippen molar-refractivity contribution in [2.75, 3.05) is 7.05 Å². The fourth-order valence-corrected chi connectivity index (χ4v) is 2.58. The highest BCUT2D eigenvalue weighted by atomic mass is 35.5. The first kappa shape index (κ1) is 17.1. The molecule has 0 bridgehead atoms. The van der Waals surface area contributed by atoms with Gasteiger partial charge in [-0.3, -0.25) is 9.78 Å². The summed E-state index contributed by atoms with van der Waals surface area (Å²) in [6.07, 6.45) is 2.07. The second kappa shape index (κ2) is 7.46. The first-order valence-electron chi connectivity index (χ1n) is 7.59. The average molecular weight is 358 g/mol. The SMILES string of the molecule is CN(Cc1cc(-c2cccnc2)no1)C(=O)[C@@H](O)c1cccc(Cl)c1. The van der Waals surface area contributed by atoms with Gasteiger partial charge in [0.1, 0.15) is 5.69 Å². The third kappa shape index (κ3) is 4.04. The van der Waals surface area contributed by atoms with E-state index in [4.69, 9.17) is 16.1 Å². The molecule has 0 aliphatic carbocycles. The first-order chi connectivity index (χ1) is 12.0. The Morgan fingerprint density at radius 3 is 2.88 bits per heavy atom. The minimum atomic E-state index is -1.29. The van der Waals surface area contributed by atoms with Crippen molar-refractivity contribution in [2.24, 2.45) is 0 Å². The Morgan fingerprint density at radius 1 is 1.32 bits per heavy atom. The van der Waals surface area contributed by atoms with Gasteiger partial charge in [-0.15, -0.1) is 0 Å². The molecule has 1 aromatic carbocycles. The predicted octanol–water partition coefficient (Wildman–Crippen LogP) is 3.08. The molecule has 0 aliphatic heterocycles. The topological polar surface area (TPSA) is 79.5 Å². The number of aromatic nitrogens is 2. The fraction of sp³-hybridized carbons (Fsp3) is 0.167. The summed E-state index contributed by atoms with van der Waals surface area (Å²) in [7, 11) is 1.59. The molecule has 2 heterocycles. The standard InChI is InChI=1S/C18H16ClN3O3/c1-22(18(24)17(23)12-4-2-6-14(19)8-12)11-15-9-16(21-25-15)13-5-3-7-20-10-13/h2-10,17,23H,11H2,1H3/t17-/m0/s1. The van der Waals surface area contributed by atoms with E-state index in [2.05, 4.69) is 10.1 Å². The van der Waals surface area contributed by atoms with Crippen molar-refractivity contribution < 1.29 is 14.4 Å². The molecule has 25 heavy (non-hydrogen) atoms. The molecular formula is C18H16ClN3O3. The van der Waals surface area contributed by atoms with Crippen LogP contribution < -0.4 is 0 Å². The number of halogens is 1. The molecule has 0 radical (unpaired) electrons. The van der Waals surface area contributed by atoms with Crippen molar-refractivity contribution in [3.8, 4) is 11.3 Å². The Balaban J connectivity index is 1.68. The molecule has 6 nitrogen and oxygen atoms in total. The highest BCUT2D eigenvalue weighted by molar-refractivity contribution is 6.30. The molecule has 0 saturated carbocycles. The summed E-state index contributed by atoms with van der Waals surface area (Å²) in [6, 6.07) is 12.0. The second-order valence-corrected chi connectivity index (χ2v) is 6.01. The smallest absolute Gasteiger partial charge is 0.256 e. The van der Waals surface area contributed by atoms with Crippen LogP contribution in [0.1, 0.15) is 17.4 Å². The molecule has 0 unspecified atom stereocenters. The normalized spacial score (nSPS) is 12.0. The van der Waals surface area contributed by atoms with Crippen molar-refractivity contribution in [1.29, 1.82) is 0 Å². The molecule has 3 aromatic rings. The zero-order valence-electron chi connectivity index (χ0n) is 13.5. The van der Waals surface area contributed by atoms with E-state index < -0.39 is 12.0 Å². The second-order valence-electron chi connectivity index (χ2n) is 5.57. The lowest BCUT2D eigenvalue weighted by molar-refractivity contribution is -0.140. The molecule has 1 amide bonds. The van der Waals surface area contributed by atoms with Crippen molar-refractivity contribution in [3.63, 3.8) is 0 Å². The molecule has 128 valence electrons. The molecule has 1 N–H and O–H groups in total. The number of amides is 1. The molecule has 7 heteroatoms. The van der Waals surface area contributed by atoms with Gasteiger partial charge in [-0.1, -0.05) is 28.9 Å². The molecule has 0 fully saturated rings. The summed E-state index contributed by atoms with van der Waals surface area (Å²) in [5.41, 5.74) is 1.91. The zero-order valence-corrected chi connectivity index (χ0v) is 14.2. The Labute approximate surface area is 149 Å². The highest BCUT2D eigenvalue weighted by Gasteiger charge is 2.22. The number of hydrogen-bond donors (Lipinski definition) is 1. The maximum absolute atomic E-state index is 12.4. The van der Waals surface area contributed by atoms with Gasteiger partial charge < -0.3 is 14.5 Å². The Morgan fingerprint density at radius 2 is 2.16 bits per heavy atom. The van der Waals surface area contributed by atoms with Crippen LogP contribution >= 0.6 is 11.6 Å². The number of pyridine rings is 1. The van der Waals surface area contributed by atoms with E-state index >= 15 is 0 Å². The fourth-order valence-electron chi connectivity index (χ4n) is 2.38. The van der Waals surface area contributed by atoms with E-state index in [0.29, 0.717) is 22.0 Å². The van der Waals surface area contributed by atoms with Gasteiger partial charge in [0.05, 0.1) is 6.54 Å². The van der Waals surface area contributed by atoms with Gasteiger partial charge in [0, 0.05) is 36.1 Å². The molecule has 0 spiro atoms. The summed E-state index contributed by atoms with van der Waals surface area (Å²) in [4.78, 5) is 17.8. The van der Waals surface area contributed by atoms with Gasteiger partial charge in [0.2, 0.25) is 0 Å². The van der Waals surface area contributed by atoms with Gasteiger partial charge in [-0.25, -0.2) is 0 Å². The summed E-state index contributed by atoms with van der Waals surface area (Å²) in [5, 5.41) is 14.7. The number of carbonyl (C=O) groups is 1. The lowest BCUT2D eigenvalue weighted by atomic mass is 10.1. The van der Waals surface area contributed by atoms with E-state index in [-0.39, 0.29) is 6.54 Å². The molecule has 3 rings (SSSR count). The summed E-state index contributed by atoms with van der Waals surface area (Å²) >= 11 is 5.90. The lowest BCUT2D eigenvalue weighted by Gasteiger charge is -2.19. The van der Waals surface area contributed by atoms with Crippen LogP contribution in [-0.4, -0.2) is 33.1 Å². The Hall–Kier alpha value is -2.70. The van der Waals surface area contributed by atoms with Crippen LogP contribution in [-0.2, 0) is 11.3 Å². The first-order valence-corrected chi connectivity index (χ1v) is 7.97. The highest BCUT2D eigenvalue weighted by Crippen LogP contribution is 2.22. The number of hydrogen-bond acceptors (Lipinski definition) is 5. The minimum Gasteiger partial charge on any atom is -0.378 e. The van der Waals surface area contributed by atoms with E-state index in [1.54, 1.807) is 55.8 Å².